The number of thioether (sulfide) groups is 1. The van der Waals surface area contributed by atoms with Gasteiger partial charge < -0.3 is 5.11 Å². The van der Waals surface area contributed by atoms with E-state index in [1.54, 1.807) is 0 Å². The Kier molecular flexibility index (Phi) is 5.26. The maximum absolute atomic E-state index is 13.5. The highest BCUT2D eigenvalue weighted by molar-refractivity contribution is 7.97. The van der Waals surface area contributed by atoms with Gasteiger partial charge in [-0.2, -0.15) is 11.8 Å². The number of phenols is 1. The third-order valence-corrected chi connectivity index (χ3v) is 4.28. The summed E-state index contributed by atoms with van der Waals surface area (Å²) in [6.07, 6.45) is 0. The van der Waals surface area contributed by atoms with Gasteiger partial charge in [-0.3, -0.25) is 4.79 Å². The predicted octanol–water partition coefficient (Wildman–Crippen LogP) is 4.82. The van der Waals surface area contributed by atoms with E-state index in [1.165, 1.54) is 24.8 Å². The van der Waals surface area contributed by atoms with Crippen molar-refractivity contribution in [3.05, 3.63) is 63.9 Å². The second-order valence-corrected chi connectivity index (χ2v) is 6.06. The number of halogens is 2. The molecule has 2 nitrogen and oxygen atoms in total. The number of ketones is 1. The molecule has 0 atom stereocenters. The molecule has 0 bridgehead atoms. The Labute approximate surface area is 131 Å². The first-order chi connectivity index (χ1) is 9.97. The molecule has 0 aliphatic heterocycles. The Morgan fingerprint density at radius 3 is 2.52 bits per heavy atom. The highest BCUT2D eigenvalue weighted by Gasteiger charge is 2.13. The molecular formula is C16H14ClFO2S. The highest BCUT2D eigenvalue weighted by atomic mass is 35.5. The largest absolute Gasteiger partial charge is 0.507 e. The summed E-state index contributed by atoms with van der Waals surface area (Å²) in [5.74, 6) is 0.137. The number of aromatic hydroxyl groups is 1. The average Bonchev–Trinajstić information content (AvgIpc) is 2.44. The molecule has 0 amide bonds. The molecule has 110 valence electrons. The van der Waals surface area contributed by atoms with Gasteiger partial charge in [0.15, 0.2) is 5.78 Å². The van der Waals surface area contributed by atoms with Crippen LogP contribution in [0.3, 0.4) is 0 Å². The Morgan fingerprint density at radius 2 is 1.90 bits per heavy atom. The first-order valence-corrected chi connectivity index (χ1v) is 7.85. The third kappa shape index (κ3) is 4.22. The van der Waals surface area contributed by atoms with Gasteiger partial charge in [0.2, 0.25) is 0 Å². The summed E-state index contributed by atoms with van der Waals surface area (Å²) in [5.41, 5.74) is 1.54. The minimum atomic E-state index is -0.514. The van der Waals surface area contributed by atoms with E-state index in [2.05, 4.69) is 0 Å². The first-order valence-electron chi connectivity index (χ1n) is 6.32. The van der Waals surface area contributed by atoms with E-state index < -0.39 is 5.82 Å². The van der Waals surface area contributed by atoms with Crippen molar-refractivity contribution in [2.75, 3.05) is 0 Å². The van der Waals surface area contributed by atoms with Gasteiger partial charge >= 0.3 is 0 Å². The lowest BCUT2D eigenvalue weighted by Gasteiger charge is -2.08. The van der Waals surface area contributed by atoms with Crippen molar-refractivity contribution in [2.45, 2.75) is 18.4 Å². The van der Waals surface area contributed by atoms with Gasteiger partial charge in [-0.1, -0.05) is 23.7 Å². The van der Waals surface area contributed by atoms with Crippen LogP contribution in [0.15, 0.2) is 36.4 Å². The smallest absolute Gasteiger partial charge is 0.163 e. The predicted molar refractivity (Wildman–Crippen MR) is 84.5 cm³/mol. The molecule has 5 heteroatoms. The van der Waals surface area contributed by atoms with E-state index in [4.69, 9.17) is 11.6 Å². The molecule has 1 N–H and O–H groups in total. The van der Waals surface area contributed by atoms with Crippen LogP contribution >= 0.6 is 23.4 Å². The fraction of sp³-hybridized carbons (Fsp3) is 0.188. The number of hydrogen-bond donors (Lipinski definition) is 1. The molecule has 0 aliphatic carbocycles. The van der Waals surface area contributed by atoms with Crippen LogP contribution in [0.2, 0.25) is 5.02 Å². The van der Waals surface area contributed by atoms with E-state index >= 15 is 0 Å². The molecule has 0 spiro atoms. The number of benzene rings is 2. The summed E-state index contributed by atoms with van der Waals surface area (Å²) in [7, 11) is 0. The normalized spacial score (nSPS) is 10.6. The number of carbonyl (C=O) groups excluding carboxylic acids is 1. The van der Waals surface area contributed by atoms with Crippen LogP contribution < -0.4 is 0 Å². The summed E-state index contributed by atoms with van der Waals surface area (Å²) in [4.78, 5) is 11.4. The van der Waals surface area contributed by atoms with E-state index in [9.17, 15) is 14.3 Å². The van der Waals surface area contributed by atoms with Crippen LogP contribution in [-0.4, -0.2) is 10.9 Å². The molecule has 0 heterocycles. The summed E-state index contributed by atoms with van der Waals surface area (Å²) in [6, 6.07) is 9.78. The van der Waals surface area contributed by atoms with Gasteiger partial charge in [0.25, 0.3) is 0 Å². The summed E-state index contributed by atoms with van der Waals surface area (Å²) >= 11 is 7.34. The maximum atomic E-state index is 13.5. The van der Waals surface area contributed by atoms with Gasteiger partial charge in [-0.25, -0.2) is 4.39 Å². The molecule has 0 fully saturated rings. The monoisotopic (exact) mass is 324 g/mol. The second-order valence-electron chi connectivity index (χ2n) is 4.64. The van der Waals surface area contributed by atoms with Gasteiger partial charge in [0.05, 0.1) is 5.56 Å². The van der Waals surface area contributed by atoms with Crippen molar-refractivity contribution in [2.24, 2.45) is 0 Å². The molecular weight excluding hydrogens is 311 g/mol. The minimum absolute atomic E-state index is 0.0251. The van der Waals surface area contributed by atoms with Crippen molar-refractivity contribution in [3.8, 4) is 5.75 Å². The van der Waals surface area contributed by atoms with Crippen LogP contribution in [0.1, 0.15) is 28.4 Å². The Balaban J connectivity index is 2.06. The maximum Gasteiger partial charge on any atom is 0.163 e. The van der Waals surface area contributed by atoms with Crippen LogP contribution in [-0.2, 0) is 11.5 Å². The molecule has 2 aromatic carbocycles. The minimum Gasteiger partial charge on any atom is -0.507 e. The fourth-order valence-corrected chi connectivity index (χ4v) is 2.99. The summed E-state index contributed by atoms with van der Waals surface area (Å²) in [5, 5.41) is 10.7. The standard InChI is InChI=1S/C16H14ClFO2S/c1-10(19)15-7-14(18)6-12(16(15)20)9-21-8-11-2-4-13(17)5-3-11/h2-7,20H,8-9H2,1H3. The van der Waals surface area contributed by atoms with Crippen molar-refractivity contribution < 1.29 is 14.3 Å². The number of phenolic OH excluding ortho intramolecular Hbond substituents is 1. The number of carbonyl (C=O) groups is 1. The summed E-state index contributed by atoms with van der Waals surface area (Å²) < 4.78 is 13.5. The number of hydrogen-bond acceptors (Lipinski definition) is 3. The SMILES string of the molecule is CC(=O)c1cc(F)cc(CSCc2ccc(Cl)cc2)c1O. The molecule has 0 aromatic heterocycles. The number of rotatable bonds is 5. The van der Waals surface area contributed by atoms with Gasteiger partial charge in [-0.05, 0) is 36.8 Å². The van der Waals surface area contributed by atoms with Crippen molar-refractivity contribution in [3.63, 3.8) is 0 Å². The van der Waals surface area contributed by atoms with E-state index in [-0.39, 0.29) is 17.1 Å². The van der Waals surface area contributed by atoms with Crippen LogP contribution in [0.5, 0.6) is 5.75 Å². The topological polar surface area (TPSA) is 37.3 Å². The van der Waals surface area contributed by atoms with Gasteiger partial charge in [-0.15, -0.1) is 0 Å². The van der Waals surface area contributed by atoms with Gasteiger partial charge in [0, 0.05) is 22.1 Å². The first kappa shape index (κ1) is 15.9. The fourth-order valence-electron chi connectivity index (χ4n) is 1.89. The lowest BCUT2D eigenvalue weighted by Crippen LogP contribution is -1.97. The van der Waals surface area contributed by atoms with Crippen molar-refractivity contribution >= 4 is 29.1 Å². The van der Waals surface area contributed by atoms with Gasteiger partial charge in [0.1, 0.15) is 11.6 Å². The van der Waals surface area contributed by atoms with E-state index in [0.29, 0.717) is 22.1 Å². The molecule has 21 heavy (non-hydrogen) atoms. The number of Topliss-reactive ketones (excluding diaryl/α,β-unsaturated/α-hetero) is 1. The molecule has 2 rings (SSSR count). The van der Waals surface area contributed by atoms with Crippen molar-refractivity contribution in [1.82, 2.24) is 0 Å². The van der Waals surface area contributed by atoms with E-state index in [1.807, 2.05) is 24.3 Å². The lowest BCUT2D eigenvalue weighted by atomic mass is 10.1. The highest BCUT2D eigenvalue weighted by Crippen LogP contribution is 2.29. The zero-order valence-electron chi connectivity index (χ0n) is 11.4. The Hall–Kier alpha value is -1.52. The molecule has 0 saturated carbocycles. The lowest BCUT2D eigenvalue weighted by molar-refractivity contribution is 0.101. The summed E-state index contributed by atoms with van der Waals surface area (Å²) in [6.45, 7) is 1.30. The molecule has 2 aromatic rings. The van der Waals surface area contributed by atoms with Crippen LogP contribution in [0.4, 0.5) is 4.39 Å². The molecule has 0 radical (unpaired) electrons. The van der Waals surface area contributed by atoms with E-state index in [0.717, 1.165) is 11.6 Å². The average molecular weight is 325 g/mol. The molecule has 0 unspecified atom stereocenters. The van der Waals surface area contributed by atoms with Crippen molar-refractivity contribution in [1.29, 1.82) is 0 Å². The Morgan fingerprint density at radius 1 is 1.24 bits per heavy atom. The van der Waals surface area contributed by atoms with Crippen LogP contribution in [0.25, 0.3) is 0 Å². The Bertz CT molecular complexity index is 656. The zero-order chi connectivity index (χ0) is 15.4. The molecule has 0 saturated heterocycles. The quantitative estimate of drug-likeness (QED) is 0.801. The zero-order valence-corrected chi connectivity index (χ0v) is 13.0. The molecule has 0 aliphatic rings. The third-order valence-electron chi connectivity index (χ3n) is 2.97. The van der Waals surface area contributed by atoms with Crippen LogP contribution in [0, 0.1) is 5.82 Å². The second kappa shape index (κ2) is 6.96.